The van der Waals surface area contributed by atoms with Crippen LogP contribution in [0.15, 0.2) is 29.1 Å². The molecule has 0 spiro atoms. The number of carbonyl (C=O) groups is 2. The Kier molecular flexibility index (Phi) is 8.20. The van der Waals surface area contributed by atoms with Gasteiger partial charge >= 0.3 is 5.97 Å². The molecule has 1 heterocycles. The van der Waals surface area contributed by atoms with Crippen molar-refractivity contribution in [3.8, 4) is 0 Å². The Morgan fingerprint density at radius 2 is 1.87 bits per heavy atom. The fourth-order valence-corrected chi connectivity index (χ4v) is 4.20. The molecule has 2 aromatic rings. The van der Waals surface area contributed by atoms with Crippen molar-refractivity contribution in [2.45, 2.75) is 77.8 Å². The number of ether oxygens (including phenoxy) is 1. The van der Waals surface area contributed by atoms with Gasteiger partial charge in [0.25, 0.3) is 11.5 Å². The number of nitrogens with zero attached hydrogens (tertiary/aromatic N) is 2. The maximum Gasteiger partial charge on any atom is 0.359 e. The highest BCUT2D eigenvalue weighted by Gasteiger charge is 2.24. The Morgan fingerprint density at radius 3 is 2.61 bits per heavy atom. The lowest BCUT2D eigenvalue weighted by atomic mass is 9.86. The number of fused-ring (bicyclic) bond motifs is 1. The summed E-state index contributed by atoms with van der Waals surface area (Å²) < 4.78 is 6.63. The zero-order chi connectivity index (χ0) is 22.2. The lowest BCUT2D eigenvalue weighted by molar-refractivity contribution is -0.125. The van der Waals surface area contributed by atoms with Gasteiger partial charge in [-0.3, -0.25) is 9.59 Å². The Hall–Kier alpha value is -2.70. The highest BCUT2D eigenvalue weighted by atomic mass is 16.5. The largest absolute Gasteiger partial charge is 0.451 e. The van der Waals surface area contributed by atoms with E-state index in [1.807, 2.05) is 0 Å². The SMILES string of the molecule is CCCCCCn1nc(C(=O)OCC(=O)N[C@@H]2CCCC[C@H]2C)c2ccccc2c1=O. The number of aryl methyl sites for hydroxylation is 1. The molecule has 0 aliphatic heterocycles. The van der Waals surface area contributed by atoms with Crippen LogP contribution in [-0.2, 0) is 16.1 Å². The molecule has 1 aromatic heterocycles. The maximum absolute atomic E-state index is 12.8. The Morgan fingerprint density at radius 1 is 1.13 bits per heavy atom. The van der Waals surface area contributed by atoms with Crippen molar-refractivity contribution in [2.75, 3.05) is 6.61 Å². The van der Waals surface area contributed by atoms with Gasteiger partial charge in [0, 0.05) is 18.0 Å². The first-order valence-electron chi connectivity index (χ1n) is 11.5. The molecular weight excluding hydrogens is 394 g/mol. The number of amides is 1. The van der Waals surface area contributed by atoms with Gasteiger partial charge in [-0.05, 0) is 31.2 Å². The fraction of sp³-hybridized carbons (Fsp3) is 0.583. The molecule has 1 fully saturated rings. The van der Waals surface area contributed by atoms with Crippen molar-refractivity contribution in [3.63, 3.8) is 0 Å². The molecule has 0 saturated heterocycles. The van der Waals surface area contributed by atoms with Gasteiger partial charge in [-0.2, -0.15) is 5.10 Å². The van der Waals surface area contributed by atoms with Crippen molar-refractivity contribution < 1.29 is 14.3 Å². The molecule has 3 rings (SSSR count). The Balaban J connectivity index is 1.71. The van der Waals surface area contributed by atoms with Gasteiger partial charge in [-0.1, -0.05) is 64.2 Å². The molecule has 0 radical (unpaired) electrons. The van der Waals surface area contributed by atoms with Crippen LogP contribution in [0.25, 0.3) is 10.8 Å². The van der Waals surface area contributed by atoms with E-state index in [0.29, 0.717) is 23.2 Å². The third-order valence-corrected chi connectivity index (χ3v) is 6.08. The average Bonchev–Trinajstić information content (AvgIpc) is 2.78. The third-order valence-electron chi connectivity index (χ3n) is 6.08. The highest BCUT2D eigenvalue weighted by molar-refractivity contribution is 6.02. The summed E-state index contributed by atoms with van der Waals surface area (Å²) in [5, 5.41) is 8.16. The van der Waals surface area contributed by atoms with E-state index in [1.165, 1.54) is 11.1 Å². The van der Waals surface area contributed by atoms with Crippen LogP contribution in [0.4, 0.5) is 0 Å². The molecule has 7 nitrogen and oxygen atoms in total. The lowest BCUT2D eigenvalue weighted by Crippen LogP contribution is -2.43. The standard InChI is InChI=1S/C24H33N3O4/c1-3-4-5-10-15-27-23(29)19-13-8-7-12-18(19)22(26-27)24(30)31-16-21(28)25-20-14-9-6-11-17(20)2/h7-8,12-13,17,20H,3-6,9-11,14-16H2,1-2H3,(H,25,28)/t17-,20-/m1/s1. The number of benzene rings is 1. The van der Waals surface area contributed by atoms with E-state index < -0.39 is 5.97 Å². The van der Waals surface area contributed by atoms with E-state index in [2.05, 4.69) is 24.3 Å². The molecule has 1 aromatic carbocycles. The predicted molar refractivity (Wildman–Crippen MR) is 120 cm³/mol. The minimum absolute atomic E-state index is 0.0736. The summed E-state index contributed by atoms with van der Waals surface area (Å²) in [6, 6.07) is 7.02. The second kappa shape index (κ2) is 11.1. The average molecular weight is 428 g/mol. The Bertz CT molecular complexity index is 969. The minimum Gasteiger partial charge on any atom is -0.451 e. The van der Waals surface area contributed by atoms with Crippen molar-refractivity contribution in [3.05, 3.63) is 40.3 Å². The molecular formula is C24H33N3O4. The zero-order valence-electron chi connectivity index (χ0n) is 18.6. The van der Waals surface area contributed by atoms with Crippen LogP contribution in [0.1, 0.15) is 75.7 Å². The van der Waals surface area contributed by atoms with Crippen LogP contribution in [0.2, 0.25) is 0 Å². The molecule has 0 bridgehead atoms. The smallest absolute Gasteiger partial charge is 0.359 e. The second-order valence-corrected chi connectivity index (χ2v) is 8.50. The van der Waals surface area contributed by atoms with Crippen LogP contribution < -0.4 is 10.9 Å². The molecule has 1 amide bonds. The van der Waals surface area contributed by atoms with E-state index >= 15 is 0 Å². The first-order valence-corrected chi connectivity index (χ1v) is 11.5. The molecule has 7 heteroatoms. The number of hydrogen-bond donors (Lipinski definition) is 1. The summed E-state index contributed by atoms with van der Waals surface area (Å²) in [4.78, 5) is 37.9. The van der Waals surface area contributed by atoms with E-state index in [1.54, 1.807) is 24.3 Å². The molecule has 1 aliphatic rings. The monoisotopic (exact) mass is 427 g/mol. The zero-order valence-corrected chi connectivity index (χ0v) is 18.6. The van der Waals surface area contributed by atoms with Crippen LogP contribution in [0.5, 0.6) is 0 Å². The molecule has 168 valence electrons. The lowest BCUT2D eigenvalue weighted by Gasteiger charge is -2.29. The molecule has 1 aliphatic carbocycles. The number of unbranched alkanes of at least 4 members (excludes halogenated alkanes) is 3. The first-order chi connectivity index (χ1) is 15.0. The number of esters is 1. The topological polar surface area (TPSA) is 90.3 Å². The molecule has 1 N–H and O–H groups in total. The van der Waals surface area contributed by atoms with Gasteiger partial charge in [-0.15, -0.1) is 0 Å². The highest BCUT2D eigenvalue weighted by Crippen LogP contribution is 2.23. The summed E-state index contributed by atoms with van der Waals surface area (Å²) in [6.07, 6.45) is 8.34. The molecule has 31 heavy (non-hydrogen) atoms. The van der Waals surface area contributed by atoms with Gasteiger partial charge in [-0.25, -0.2) is 9.48 Å². The summed E-state index contributed by atoms with van der Waals surface area (Å²) in [7, 11) is 0. The number of hydrogen-bond acceptors (Lipinski definition) is 5. The van der Waals surface area contributed by atoms with Gasteiger partial charge in [0.2, 0.25) is 0 Å². The van der Waals surface area contributed by atoms with Gasteiger partial charge in [0.15, 0.2) is 12.3 Å². The molecule has 2 atom stereocenters. The minimum atomic E-state index is -0.689. The van der Waals surface area contributed by atoms with Crippen molar-refractivity contribution >= 4 is 22.6 Å². The summed E-state index contributed by atoms with van der Waals surface area (Å²) >= 11 is 0. The quantitative estimate of drug-likeness (QED) is 0.485. The van der Waals surface area contributed by atoms with Crippen molar-refractivity contribution in [2.24, 2.45) is 5.92 Å². The summed E-state index contributed by atoms with van der Waals surface area (Å²) in [5.41, 5.74) is -0.141. The van der Waals surface area contributed by atoms with Crippen LogP contribution in [-0.4, -0.2) is 34.3 Å². The van der Waals surface area contributed by atoms with Crippen LogP contribution in [0, 0.1) is 5.92 Å². The maximum atomic E-state index is 12.8. The van der Waals surface area contributed by atoms with E-state index in [0.717, 1.165) is 44.9 Å². The van der Waals surface area contributed by atoms with Gasteiger partial charge in [0.05, 0.1) is 5.39 Å². The number of carbonyl (C=O) groups excluding carboxylic acids is 2. The van der Waals surface area contributed by atoms with Gasteiger partial charge < -0.3 is 10.1 Å². The van der Waals surface area contributed by atoms with Gasteiger partial charge in [0.1, 0.15) is 0 Å². The number of nitrogens with one attached hydrogen (secondary N) is 1. The van der Waals surface area contributed by atoms with Crippen LogP contribution >= 0.6 is 0 Å². The summed E-state index contributed by atoms with van der Waals surface area (Å²) in [5.74, 6) is -0.565. The van der Waals surface area contributed by atoms with Crippen molar-refractivity contribution in [1.82, 2.24) is 15.1 Å². The first kappa shape index (κ1) is 23.0. The van der Waals surface area contributed by atoms with Crippen LogP contribution in [0.3, 0.4) is 0 Å². The number of rotatable bonds is 9. The Labute approximate surface area is 183 Å². The van der Waals surface area contributed by atoms with E-state index in [9.17, 15) is 14.4 Å². The normalized spacial score (nSPS) is 18.6. The fourth-order valence-electron chi connectivity index (χ4n) is 4.20. The molecule has 0 unspecified atom stereocenters. The number of aromatic nitrogens is 2. The third kappa shape index (κ3) is 5.93. The predicted octanol–water partition coefficient (Wildman–Crippen LogP) is 3.83. The van der Waals surface area contributed by atoms with Crippen molar-refractivity contribution in [1.29, 1.82) is 0 Å². The second-order valence-electron chi connectivity index (χ2n) is 8.50. The van der Waals surface area contributed by atoms with E-state index in [-0.39, 0.29) is 29.8 Å². The molecule has 1 saturated carbocycles. The van der Waals surface area contributed by atoms with E-state index in [4.69, 9.17) is 4.74 Å². The summed E-state index contributed by atoms with van der Waals surface area (Å²) in [6.45, 7) is 4.35.